The summed E-state index contributed by atoms with van der Waals surface area (Å²) in [5, 5.41) is 7.13. The summed E-state index contributed by atoms with van der Waals surface area (Å²) < 4.78 is 14.1. The Morgan fingerprint density at radius 1 is 1.05 bits per heavy atom. The second-order valence-corrected chi connectivity index (χ2v) is 5.88. The maximum Gasteiger partial charge on any atom is 0.171 e. The van der Waals surface area contributed by atoms with Gasteiger partial charge in [-0.05, 0) is 49.5 Å². The van der Waals surface area contributed by atoms with Crippen LogP contribution >= 0.6 is 12.2 Å². The SMILES string of the molecule is Fc1ccccc1C1NC(=S)NC2=C1CCCCCC2. The summed E-state index contributed by atoms with van der Waals surface area (Å²) >= 11 is 5.29. The number of halogens is 1. The zero-order valence-electron chi connectivity index (χ0n) is 11.4. The van der Waals surface area contributed by atoms with Crippen LogP contribution in [0.15, 0.2) is 35.5 Å². The maximum absolute atomic E-state index is 14.1. The summed E-state index contributed by atoms with van der Waals surface area (Å²) in [4.78, 5) is 0. The van der Waals surface area contributed by atoms with Crippen molar-refractivity contribution in [3.05, 3.63) is 46.9 Å². The zero-order chi connectivity index (χ0) is 13.9. The van der Waals surface area contributed by atoms with Crippen LogP contribution in [0.5, 0.6) is 0 Å². The Kier molecular flexibility index (Phi) is 4.01. The molecule has 0 fully saturated rings. The molecule has 3 rings (SSSR count). The fourth-order valence-corrected chi connectivity index (χ4v) is 3.35. The first-order chi connectivity index (χ1) is 9.75. The molecule has 0 saturated heterocycles. The van der Waals surface area contributed by atoms with Crippen molar-refractivity contribution >= 4 is 17.3 Å². The third-order valence-electron chi connectivity index (χ3n) is 4.12. The van der Waals surface area contributed by atoms with Gasteiger partial charge in [0.05, 0.1) is 6.04 Å². The molecular formula is C16H19FN2S. The van der Waals surface area contributed by atoms with Gasteiger partial charge in [-0.15, -0.1) is 0 Å². The molecule has 1 heterocycles. The summed E-state index contributed by atoms with van der Waals surface area (Å²) in [5.41, 5.74) is 3.19. The molecule has 1 unspecified atom stereocenters. The van der Waals surface area contributed by atoms with Crippen molar-refractivity contribution < 1.29 is 4.39 Å². The van der Waals surface area contributed by atoms with Gasteiger partial charge in [-0.3, -0.25) is 0 Å². The van der Waals surface area contributed by atoms with Gasteiger partial charge >= 0.3 is 0 Å². The van der Waals surface area contributed by atoms with E-state index in [1.807, 2.05) is 12.1 Å². The minimum Gasteiger partial charge on any atom is -0.352 e. The van der Waals surface area contributed by atoms with Gasteiger partial charge in [-0.25, -0.2) is 4.39 Å². The van der Waals surface area contributed by atoms with Crippen LogP contribution in [-0.2, 0) is 0 Å². The van der Waals surface area contributed by atoms with E-state index in [-0.39, 0.29) is 11.9 Å². The standard InChI is InChI=1S/C16H19FN2S/c17-13-9-6-5-7-11(13)15-12-8-3-1-2-4-10-14(12)18-16(20)19-15/h5-7,9,15H,1-4,8,10H2,(H2,18,19,20). The van der Waals surface area contributed by atoms with Crippen molar-refractivity contribution in [1.82, 2.24) is 10.6 Å². The Balaban J connectivity index is 2.01. The molecule has 2 nitrogen and oxygen atoms in total. The van der Waals surface area contributed by atoms with E-state index < -0.39 is 0 Å². The Labute approximate surface area is 124 Å². The van der Waals surface area contributed by atoms with E-state index in [2.05, 4.69) is 10.6 Å². The van der Waals surface area contributed by atoms with Crippen molar-refractivity contribution in [2.24, 2.45) is 0 Å². The van der Waals surface area contributed by atoms with Crippen LogP contribution in [0.3, 0.4) is 0 Å². The smallest absolute Gasteiger partial charge is 0.171 e. The van der Waals surface area contributed by atoms with Crippen LogP contribution in [-0.4, -0.2) is 5.11 Å². The topological polar surface area (TPSA) is 24.1 Å². The quantitative estimate of drug-likeness (QED) is 0.766. The summed E-state index contributed by atoms with van der Waals surface area (Å²) in [6, 6.07) is 6.87. The highest BCUT2D eigenvalue weighted by Gasteiger charge is 2.28. The molecule has 0 radical (unpaired) electrons. The summed E-state index contributed by atoms with van der Waals surface area (Å²) in [7, 11) is 0. The van der Waals surface area contributed by atoms with Crippen molar-refractivity contribution in [3.8, 4) is 0 Å². The van der Waals surface area contributed by atoms with E-state index in [0.29, 0.717) is 10.7 Å². The maximum atomic E-state index is 14.1. The lowest BCUT2D eigenvalue weighted by atomic mass is 9.88. The van der Waals surface area contributed by atoms with Gasteiger partial charge < -0.3 is 10.6 Å². The average molecular weight is 290 g/mol. The Bertz CT molecular complexity index is 553. The molecular weight excluding hydrogens is 271 g/mol. The molecule has 4 heteroatoms. The third kappa shape index (κ3) is 2.70. The number of rotatable bonds is 1. The first-order valence-electron chi connectivity index (χ1n) is 7.29. The molecule has 1 atom stereocenters. The van der Waals surface area contributed by atoms with Gasteiger partial charge in [0.25, 0.3) is 0 Å². The second kappa shape index (κ2) is 5.92. The molecule has 2 aliphatic rings. The molecule has 1 aliphatic heterocycles. The summed E-state index contributed by atoms with van der Waals surface area (Å²) in [5.74, 6) is -0.163. The lowest BCUT2D eigenvalue weighted by Crippen LogP contribution is -2.44. The van der Waals surface area contributed by atoms with Gasteiger partial charge in [-0.1, -0.05) is 31.0 Å². The normalized spacial score (nSPS) is 23.2. The lowest BCUT2D eigenvalue weighted by Gasteiger charge is -2.33. The molecule has 0 bridgehead atoms. The molecule has 0 aromatic heterocycles. The van der Waals surface area contributed by atoms with E-state index in [0.717, 1.165) is 12.8 Å². The first kappa shape index (κ1) is 13.6. The van der Waals surface area contributed by atoms with Crippen LogP contribution in [0.2, 0.25) is 0 Å². The van der Waals surface area contributed by atoms with Crippen LogP contribution in [0.4, 0.5) is 4.39 Å². The molecule has 2 N–H and O–H groups in total. The predicted molar refractivity (Wildman–Crippen MR) is 82.7 cm³/mol. The van der Waals surface area contributed by atoms with Crippen LogP contribution in [0, 0.1) is 5.82 Å². The van der Waals surface area contributed by atoms with E-state index in [9.17, 15) is 4.39 Å². The fourth-order valence-electron chi connectivity index (χ4n) is 3.11. The average Bonchev–Trinajstić information content (AvgIpc) is 2.40. The largest absolute Gasteiger partial charge is 0.352 e. The van der Waals surface area contributed by atoms with Crippen molar-refractivity contribution in [3.63, 3.8) is 0 Å². The number of thiocarbonyl (C=S) groups is 1. The number of nitrogens with one attached hydrogen (secondary N) is 2. The molecule has 0 amide bonds. The first-order valence-corrected chi connectivity index (χ1v) is 7.70. The van der Waals surface area contributed by atoms with Crippen molar-refractivity contribution in [2.45, 2.75) is 44.6 Å². The van der Waals surface area contributed by atoms with Crippen LogP contribution in [0.25, 0.3) is 0 Å². The minimum absolute atomic E-state index is 0.113. The van der Waals surface area contributed by atoms with E-state index in [1.54, 1.807) is 6.07 Å². The molecule has 1 aromatic carbocycles. The van der Waals surface area contributed by atoms with Crippen molar-refractivity contribution in [1.29, 1.82) is 0 Å². The van der Waals surface area contributed by atoms with Crippen LogP contribution < -0.4 is 10.6 Å². The van der Waals surface area contributed by atoms with Gasteiger partial charge in [-0.2, -0.15) is 0 Å². The summed E-state index contributed by atoms with van der Waals surface area (Å²) in [6.07, 6.45) is 6.89. The van der Waals surface area contributed by atoms with Crippen molar-refractivity contribution in [2.75, 3.05) is 0 Å². The highest BCUT2D eigenvalue weighted by Crippen LogP contribution is 2.34. The number of allylic oxidation sites excluding steroid dienone is 1. The minimum atomic E-state index is -0.163. The molecule has 106 valence electrons. The number of benzene rings is 1. The van der Waals surface area contributed by atoms with E-state index in [1.165, 1.54) is 43.0 Å². The number of hydrogen-bond acceptors (Lipinski definition) is 1. The predicted octanol–water partition coefficient (Wildman–Crippen LogP) is 3.95. The summed E-state index contributed by atoms with van der Waals surface area (Å²) in [6.45, 7) is 0. The number of hydrogen-bond donors (Lipinski definition) is 2. The second-order valence-electron chi connectivity index (χ2n) is 5.47. The third-order valence-corrected chi connectivity index (χ3v) is 4.33. The van der Waals surface area contributed by atoms with Gasteiger partial charge in [0.2, 0.25) is 0 Å². The monoisotopic (exact) mass is 290 g/mol. The fraction of sp³-hybridized carbons (Fsp3) is 0.438. The van der Waals surface area contributed by atoms with Gasteiger partial charge in [0.1, 0.15) is 5.82 Å². The van der Waals surface area contributed by atoms with Crippen LogP contribution in [0.1, 0.15) is 50.1 Å². The highest BCUT2D eigenvalue weighted by molar-refractivity contribution is 7.80. The Hall–Kier alpha value is -1.42. The lowest BCUT2D eigenvalue weighted by molar-refractivity contribution is 0.529. The highest BCUT2D eigenvalue weighted by atomic mass is 32.1. The Morgan fingerprint density at radius 2 is 1.80 bits per heavy atom. The molecule has 0 saturated carbocycles. The van der Waals surface area contributed by atoms with E-state index in [4.69, 9.17) is 12.2 Å². The molecule has 1 aromatic rings. The molecule has 0 spiro atoms. The molecule has 20 heavy (non-hydrogen) atoms. The van der Waals surface area contributed by atoms with Gasteiger partial charge in [0, 0.05) is 11.3 Å². The van der Waals surface area contributed by atoms with Gasteiger partial charge in [0.15, 0.2) is 5.11 Å². The van der Waals surface area contributed by atoms with E-state index >= 15 is 0 Å². The molecule has 1 aliphatic carbocycles. The zero-order valence-corrected chi connectivity index (χ0v) is 12.2. The Morgan fingerprint density at radius 3 is 2.60 bits per heavy atom.